The van der Waals surface area contributed by atoms with Crippen molar-refractivity contribution in [3.63, 3.8) is 0 Å². The van der Waals surface area contributed by atoms with Gasteiger partial charge in [-0.05, 0) is 43.9 Å². The van der Waals surface area contributed by atoms with Crippen LogP contribution in [-0.2, 0) is 12.8 Å². The van der Waals surface area contributed by atoms with Crippen LogP contribution in [-0.4, -0.2) is 16.0 Å². The van der Waals surface area contributed by atoms with Crippen LogP contribution in [0.15, 0.2) is 30.3 Å². The van der Waals surface area contributed by atoms with Gasteiger partial charge in [0.2, 0.25) is 5.95 Å². The average molecular weight is 239 g/mol. The first-order chi connectivity index (χ1) is 8.70. The lowest BCUT2D eigenvalue weighted by atomic mass is 10.1. The number of aryl methyl sites for hydroxylation is 2. The molecule has 2 aromatic rings. The molecular formula is C15H17N3. The van der Waals surface area contributed by atoms with Crippen LogP contribution in [0.4, 0.5) is 5.95 Å². The van der Waals surface area contributed by atoms with Gasteiger partial charge in [-0.1, -0.05) is 24.3 Å². The number of hydrogen-bond acceptors (Lipinski definition) is 3. The second kappa shape index (κ2) is 4.41. The SMILES string of the molecule is Cc1cc(C)nc(NC2Cc3ccccc3C2)n1. The second-order valence-electron chi connectivity index (χ2n) is 4.99. The van der Waals surface area contributed by atoms with Crippen molar-refractivity contribution in [1.29, 1.82) is 0 Å². The number of anilines is 1. The molecule has 1 N–H and O–H groups in total. The van der Waals surface area contributed by atoms with Gasteiger partial charge in [0.1, 0.15) is 0 Å². The minimum Gasteiger partial charge on any atom is -0.351 e. The molecule has 0 aliphatic heterocycles. The molecule has 0 bridgehead atoms. The van der Waals surface area contributed by atoms with Gasteiger partial charge >= 0.3 is 0 Å². The van der Waals surface area contributed by atoms with E-state index < -0.39 is 0 Å². The maximum Gasteiger partial charge on any atom is 0.223 e. The predicted octanol–water partition coefficient (Wildman–Crippen LogP) is 2.67. The molecule has 18 heavy (non-hydrogen) atoms. The first-order valence-electron chi connectivity index (χ1n) is 6.36. The Balaban J connectivity index is 1.76. The third-order valence-corrected chi connectivity index (χ3v) is 3.37. The van der Waals surface area contributed by atoms with Crippen LogP contribution in [0.1, 0.15) is 22.5 Å². The average Bonchev–Trinajstić information content (AvgIpc) is 2.69. The van der Waals surface area contributed by atoms with Crippen LogP contribution in [0, 0.1) is 13.8 Å². The molecule has 1 aliphatic rings. The van der Waals surface area contributed by atoms with E-state index in [9.17, 15) is 0 Å². The van der Waals surface area contributed by atoms with Crippen molar-refractivity contribution < 1.29 is 0 Å². The summed E-state index contributed by atoms with van der Waals surface area (Å²) in [4.78, 5) is 8.88. The van der Waals surface area contributed by atoms with E-state index in [1.807, 2.05) is 19.9 Å². The third kappa shape index (κ3) is 2.21. The molecule has 0 unspecified atom stereocenters. The number of nitrogens with one attached hydrogen (secondary N) is 1. The van der Waals surface area contributed by atoms with Crippen LogP contribution >= 0.6 is 0 Å². The Morgan fingerprint density at radius 1 is 1.00 bits per heavy atom. The summed E-state index contributed by atoms with van der Waals surface area (Å²) >= 11 is 0. The van der Waals surface area contributed by atoms with Crippen molar-refractivity contribution in [1.82, 2.24) is 9.97 Å². The lowest BCUT2D eigenvalue weighted by Crippen LogP contribution is -2.21. The zero-order chi connectivity index (χ0) is 12.5. The van der Waals surface area contributed by atoms with Crippen molar-refractivity contribution in [2.75, 3.05) is 5.32 Å². The number of nitrogens with zero attached hydrogens (tertiary/aromatic N) is 2. The summed E-state index contributed by atoms with van der Waals surface area (Å²) in [5, 5.41) is 3.45. The quantitative estimate of drug-likeness (QED) is 0.875. The predicted molar refractivity (Wildman–Crippen MR) is 72.8 cm³/mol. The van der Waals surface area contributed by atoms with Crippen LogP contribution in [0.3, 0.4) is 0 Å². The third-order valence-electron chi connectivity index (χ3n) is 3.37. The zero-order valence-corrected chi connectivity index (χ0v) is 10.8. The van der Waals surface area contributed by atoms with Crippen molar-refractivity contribution in [2.45, 2.75) is 32.7 Å². The molecule has 0 saturated heterocycles. The van der Waals surface area contributed by atoms with Crippen molar-refractivity contribution >= 4 is 5.95 Å². The normalized spacial score (nSPS) is 14.6. The fourth-order valence-corrected chi connectivity index (χ4v) is 2.63. The van der Waals surface area contributed by atoms with E-state index in [1.165, 1.54) is 11.1 Å². The van der Waals surface area contributed by atoms with Gasteiger partial charge in [-0.15, -0.1) is 0 Å². The summed E-state index contributed by atoms with van der Waals surface area (Å²) in [5.74, 6) is 0.755. The number of rotatable bonds is 2. The number of hydrogen-bond donors (Lipinski definition) is 1. The highest BCUT2D eigenvalue weighted by Crippen LogP contribution is 2.23. The summed E-state index contributed by atoms with van der Waals surface area (Å²) in [7, 11) is 0. The molecule has 0 fully saturated rings. The Kier molecular flexibility index (Phi) is 2.74. The van der Waals surface area contributed by atoms with E-state index in [0.29, 0.717) is 6.04 Å². The summed E-state index contributed by atoms with van der Waals surface area (Å²) in [6.07, 6.45) is 2.12. The van der Waals surface area contributed by atoms with E-state index in [-0.39, 0.29) is 0 Å². The molecule has 0 atom stereocenters. The van der Waals surface area contributed by atoms with Gasteiger partial charge in [0, 0.05) is 17.4 Å². The molecule has 1 heterocycles. The van der Waals surface area contributed by atoms with E-state index >= 15 is 0 Å². The highest BCUT2D eigenvalue weighted by Gasteiger charge is 2.21. The minimum absolute atomic E-state index is 0.420. The van der Waals surface area contributed by atoms with E-state index in [1.54, 1.807) is 0 Å². The van der Waals surface area contributed by atoms with Gasteiger partial charge in [-0.3, -0.25) is 0 Å². The van der Waals surface area contributed by atoms with Crippen LogP contribution < -0.4 is 5.32 Å². The Bertz CT molecular complexity index is 532. The monoisotopic (exact) mass is 239 g/mol. The molecule has 3 heteroatoms. The molecule has 0 amide bonds. The van der Waals surface area contributed by atoms with Crippen LogP contribution in [0.5, 0.6) is 0 Å². The molecule has 1 aromatic carbocycles. The van der Waals surface area contributed by atoms with Gasteiger partial charge in [0.05, 0.1) is 0 Å². The largest absolute Gasteiger partial charge is 0.351 e. The van der Waals surface area contributed by atoms with E-state index in [0.717, 1.165) is 30.2 Å². The fraction of sp³-hybridized carbons (Fsp3) is 0.333. The maximum atomic E-state index is 4.44. The lowest BCUT2D eigenvalue weighted by molar-refractivity contribution is 0.759. The summed E-state index contributed by atoms with van der Waals surface area (Å²) in [6.45, 7) is 4.01. The molecule has 3 rings (SSSR count). The first-order valence-corrected chi connectivity index (χ1v) is 6.36. The highest BCUT2D eigenvalue weighted by molar-refractivity contribution is 5.38. The van der Waals surface area contributed by atoms with Gasteiger partial charge in [-0.25, -0.2) is 9.97 Å². The van der Waals surface area contributed by atoms with Crippen LogP contribution in [0.25, 0.3) is 0 Å². The molecule has 0 radical (unpaired) electrons. The fourth-order valence-electron chi connectivity index (χ4n) is 2.63. The Morgan fingerprint density at radius 3 is 2.11 bits per heavy atom. The zero-order valence-electron chi connectivity index (χ0n) is 10.8. The number of fused-ring (bicyclic) bond motifs is 1. The van der Waals surface area contributed by atoms with Gasteiger partial charge in [0.25, 0.3) is 0 Å². The van der Waals surface area contributed by atoms with Crippen molar-refractivity contribution in [2.24, 2.45) is 0 Å². The molecule has 1 aliphatic carbocycles. The van der Waals surface area contributed by atoms with Crippen molar-refractivity contribution in [3.8, 4) is 0 Å². The second-order valence-corrected chi connectivity index (χ2v) is 4.99. The molecule has 0 spiro atoms. The summed E-state index contributed by atoms with van der Waals surface area (Å²) < 4.78 is 0. The first kappa shape index (κ1) is 11.2. The van der Waals surface area contributed by atoms with Gasteiger partial charge < -0.3 is 5.32 Å². The molecule has 92 valence electrons. The van der Waals surface area contributed by atoms with E-state index in [2.05, 4.69) is 39.6 Å². The highest BCUT2D eigenvalue weighted by atomic mass is 15.1. The minimum atomic E-state index is 0.420. The molecule has 3 nitrogen and oxygen atoms in total. The number of benzene rings is 1. The van der Waals surface area contributed by atoms with Crippen molar-refractivity contribution in [3.05, 3.63) is 52.8 Å². The smallest absolute Gasteiger partial charge is 0.223 e. The maximum absolute atomic E-state index is 4.44. The van der Waals surface area contributed by atoms with E-state index in [4.69, 9.17) is 0 Å². The molecule has 0 saturated carbocycles. The summed E-state index contributed by atoms with van der Waals surface area (Å²) in [6, 6.07) is 11.0. The Morgan fingerprint density at radius 2 is 1.56 bits per heavy atom. The topological polar surface area (TPSA) is 37.8 Å². The Hall–Kier alpha value is -1.90. The van der Waals surface area contributed by atoms with Crippen LogP contribution in [0.2, 0.25) is 0 Å². The van der Waals surface area contributed by atoms with Gasteiger partial charge in [0.15, 0.2) is 0 Å². The van der Waals surface area contributed by atoms with Gasteiger partial charge in [-0.2, -0.15) is 0 Å². The summed E-state index contributed by atoms with van der Waals surface area (Å²) in [5.41, 5.74) is 4.92. The Labute approximate surface area is 107 Å². The molecule has 1 aromatic heterocycles. The number of aromatic nitrogens is 2. The molecular weight excluding hydrogens is 222 g/mol. The standard InChI is InChI=1S/C15H17N3/c1-10-7-11(2)17-15(16-10)18-14-8-12-5-3-4-6-13(12)9-14/h3-7,14H,8-9H2,1-2H3,(H,16,17,18). The lowest BCUT2D eigenvalue weighted by Gasteiger charge is -2.12.